The molecular formula is C20H19NO3S. The zero-order valence-corrected chi connectivity index (χ0v) is 14.5. The highest BCUT2D eigenvalue weighted by atomic mass is 32.2. The highest BCUT2D eigenvalue weighted by Gasteiger charge is 2.22. The second-order valence-electron chi connectivity index (χ2n) is 6.25. The number of nitrogens with one attached hydrogen (secondary N) is 1. The van der Waals surface area contributed by atoms with E-state index in [1.54, 1.807) is 12.1 Å². The number of para-hydroxylation sites is 1. The molecule has 0 aliphatic carbocycles. The van der Waals surface area contributed by atoms with Crippen molar-refractivity contribution in [2.24, 2.45) is 0 Å². The van der Waals surface area contributed by atoms with Crippen molar-refractivity contribution in [3.8, 4) is 5.75 Å². The second-order valence-corrected chi connectivity index (χ2v) is 8.01. The topological polar surface area (TPSA) is 55.4 Å². The number of ether oxygens (including phenoxy) is 1. The van der Waals surface area contributed by atoms with Gasteiger partial charge in [0.1, 0.15) is 11.9 Å². The van der Waals surface area contributed by atoms with Crippen molar-refractivity contribution in [1.82, 2.24) is 4.72 Å². The van der Waals surface area contributed by atoms with E-state index in [9.17, 15) is 8.42 Å². The molecule has 0 aromatic heterocycles. The number of rotatable bonds is 4. The normalized spacial score (nSPS) is 17.0. The van der Waals surface area contributed by atoms with Gasteiger partial charge in [0.05, 0.1) is 4.90 Å². The maximum atomic E-state index is 12.6. The molecule has 0 amide bonds. The third kappa shape index (κ3) is 3.38. The molecule has 3 aromatic carbocycles. The van der Waals surface area contributed by atoms with Crippen LogP contribution in [0.5, 0.6) is 5.75 Å². The summed E-state index contributed by atoms with van der Waals surface area (Å²) in [5.41, 5.74) is 1.18. The van der Waals surface area contributed by atoms with Crippen LogP contribution in [0, 0.1) is 0 Å². The SMILES string of the molecule is O=S(=O)(NCC1CCc2ccccc2O1)c1ccc2ccccc2c1. The van der Waals surface area contributed by atoms with Gasteiger partial charge in [-0.25, -0.2) is 13.1 Å². The predicted molar refractivity (Wildman–Crippen MR) is 98.3 cm³/mol. The Hall–Kier alpha value is -2.37. The zero-order valence-electron chi connectivity index (χ0n) is 13.7. The van der Waals surface area contributed by atoms with Crippen molar-refractivity contribution >= 4 is 20.8 Å². The van der Waals surface area contributed by atoms with Gasteiger partial charge in [-0.05, 0) is 47.4 Å². The highest BCUT2D eigenvalue weighted by molar-refractivity contribution is 7.89. The van der Waals surface area contributed by atoms with Gasteiger partial charge in [0.2, 0.25) is 10.0 Å². The van der Waals surface area contributed by atoms with Crippen LogP contribution in [0.3, 0.4) is 0 Å². The lowest BCUT2D eigenvalue weighted by molar-refractivity contribution is 0.177. The molecule has 0 fully saturated rings. The monoisotopic (exact) mass is 353 g/mol. The number of aryl methyl sites for hydroxylation is 1. The molecule has 3 aromatic rings. The number of benzene rings is 3. The van der Waals surface area contributed by atoms with Gasteiger partial charge in [-0.15, -0.1) is 0 Å². The summed E-state index contributed by atoms with van der Waals surface area (Å²) in [6.45, 7) is 0.267. The van der Waals surface area contributed by atoms with Crippen molar-refractivity contribution in [2.45, 2.75) is 23.8 Å². The molecule has 1 heterocycles. The first-order chi connectivity index (χ1) is 12.1. The van der Waals surface area contributed by atoms with Crippen molar-refractivity contribution in [1.29, 1.82) is 0 Å². The molecule has 128 valence electrons. The number of hydrogen-bond donors (Lipinski definition) is 1. The van der Waals surface area contributed by atoms with Crippen LogP contribution in [0.4, 0.5) is 0 Å². The summed E-state index contributed by atoms with van der Waals surface area (Å²) in [6.07, 6.45) is 1.56. The summed E-state index contributed by atoms with van der Waals surface area (Å²) < 4.78 is 33.8. The smallest absolute Gasteiger partial charge is 0.240 e. The molecule has 0 saturated heterocycles. The Bertz CT molecular complexity index is 1010. The zero-order chi connectivity index (χ0) is 17.3. The lowest BCUT2D eigenvalue weighted by Gasteiger charge is -2.26. The van der Waals surface area contributed by atoms with Crippen LogP contribution >= 0.6 is 0 Å². The van der Waals surface area contributed by atoms with E-state index in [0.717, 1.165) is 29.4 Å². The number of fused-ring (bicyclic) bond motifs is 2. The average Bonchev–Trinajstić information content (AvgIpc) is 2.66. The van der Waals surface area contributed by atoms with Gasteiger partial charge in [-0.1, -0.05) is 48.5 Å². The molecule has 0 radical (unpaired) electrons. The molecule has 1 aliphatic heterocycles. The van der Waals surface area contributed by atoms with Gasteiger partial charge >= 0.3 is 0 Å². The molecule has 0 saturated carbocycles. The van der Waals surface area contributed by atoms with E-state index in [0.29, 0.717) is 0 Å². The summed E-state index contributed by atoms with van der Waals surface area (Å²) >= 11 is 0. The van der Waals surface area contributed by atoms with Gasteiger partial charge in [0.25, 0.3) is 0 Å². The van der Waals surface area contributed by atoms with E-state index in [1.165, 1.54) is 5.56 Å². The van der Waals surface area contributed by atoms with E-state index >= 15 is 0 Å². The first-order valence-corrected chi connectivity index (χ1v) is 9.83. The minimum absolute atomic E-state index is 0.148. The van der Waals surface area contributed by atoms with Crippen molar-refractivity contribution in [3.63, 3.8) is 0 Å². The maximum absolute atomic E-state index is 12.6. The van der Waals surface area contributed by atoms with Gasteiger partial charge in [-0.2, -0.15) is 0 Å². The van der Waals surface area contributed by atoms with E-state index in [4.69, 9.17) is 4.74 Å². The Morgan fingerprint density at radius 3 is 2.60 bits per heavy atom. The molecule has 1 unspecified atom stereocenters. The summed E-state index contributed by atoms with van der Waals surface area (Å²) in [6, 6.07) is 20.8. The van der Waals surface area contributed by atoms with Crippen molar-refractivity contribution in [3.05, 3.63) is 72.3 Å². The largest absolute Gasteiger partial charge is 0.489 e. The lowest BCUT2D eigenvalue weighted by Crippen LogP contribution is -2.37. The van der Waals surface area contributed by atoms with E-state index in [1.807, 2.05) is 54.6 Å². The molecule has 4 rings (SSSR count). The molecule has 1 N–H and O–H groups in total. The molecule has 1 atom stereocenters. The van der Waals surface area contributed by atoms with Crippen LogP contribution in [-0.2, 0) is 16.4 Å². The minimum atomic E-state index is -3.56. The first-order valence-electron chi connectivity index (χ1n) is 8.35. The second kappa shape index (κ2) is 6.50. The molecule has 0 spiro atoms. The maximum Gasteiger partial charge on any atom is 0.240 e. The van der Waals surface area contributed by atoms with Crippen molar-refractivity contribution in [2.75, 3.05) is 6.54 Å². The molecule has 5 heteroatoms. The Labute approximate surface area is 147 Å². The van der Waals surface area contributed by atoms with Gasteiger partial charge < -0.3 is 4.74 Å². The van der Waals surface area contributed by atoms with Crippen LogP contribution in [0.2, 0.25) is 0 Å². The Balaban J connectivity index is 1.48. The lowest BCUT2D eigenvalue weighted by atomic mass is 10.0. The van der Waals surface area contributed by atoms with Gasteiger partial charge in [-0.3, -0.25) is 0 Å². The summed E-state index contributed by atoms with van der Waals surface area (Å²) in [4.78, 5) is 0.280. The third-order valence-corrected chi connectivity index (χ3v) is 5.96. The highest BCUT2D eigenvalue weighted by Crippen LogP contribution is 2.27. The quantitative estimate of drug-likeness (QED) is 0.781. The molecular weight excluding hydrogens is 334 g/mol. The summed E-state index contributed by atoms with van der Waals surface area (Å²) in [7, 11) is -3.56. The van der Waals surface area contributed by atoms with Crippen LogP contribution in [0.25, 0.3) is 10.8 Å². The number of hydrogen-bond acceptors (Lipinski definition) is 3. The fourth-order valence-corrected chi connectivity index (χ4v) is 4.25. The summed E-state index contributed by atoms with van der Waals surface area (Å²) in [5.74, 6) is 0.851. The van der Waals surface area contributed by atoms with Crippen LogP contribution in [0.15, 0.2) is 71.6 Å². The molecule has 25 heavy (non-hydrogen) atoms. The van der Waals surface area contributed by atoms with Gasteiger partial charge in [0.15, 0.2) is 0 Å². The van der Waals surface area contributed by atoms with Crippen molar-refractivity contribution < 1.29 is 13.2 Å². The Kier molecular flexibility index (Phi) is 4.19. The van der Waals surface area contributed by atoms with Crippen LogP contribution in [-0.4, -0.2) is 21.1 Å². The molecule has 4 nitrogen and oxygen atoms in total. The van der Waals surface area contributed by atoms with Crippen LogP contribution < -0.4 is 9.46 Å². The van der Waals surface area contributed by atoms with Gasteiger partial charge in [0, 0.05) is 6.54 Å². The first kappa shape index (κ1) is 16.1. The Morgan fingerprint density at radius 2 is 1.72 bits per heavy atom. The molecule has 0 bridgehead atoms. The fourth-order valence-electron chi connectivity index (χ4n) is 3.14. The molecule has 1 aliphatic rings. The average molecular weight is 353 g/mol. The standard InChI is InChI=1S/C20H19NO3S/c22-25(23,19-12-10-15-5-1-2-7-17(15)13-19)21-14-18-11-9-16-6-3-4-8-20(16)24-18/h1-8,10,12-13,18,21H,9,11,14H2. The van der Waals surface area contributed by atoms with E-state index in [2.05, 4.69) is 4.72 Å². The van der Waals surface area contributed by atoms with E-state index in [-0.39, 0.29) is 17.5 Å². The van der Waals surface area contributed by atoms with E-state index < -0.39 is 10.0 Å². The minimum Gasteiger partial charge on any atom is -0.489 e. The predicted octanol–water partition coefficient (Wildman–Crippen LogP) is 3.51. The fraction of sp³-hybridized carbons (Fsp3) is 0.200. The summed E-state index contributed by atoms with van der Waals surface area (Å²) in [5, 5.41) is 1.93. The number of sulfonamides is 1. The Morgan fingerprint density at radius 1 is 0.960 bits per heavy atom. The van der Waals surface area contributed by atoms with Crippen LogP contribution in [0.1, 0.15) is 12.0 Å². The third-order valence-electron chi connectivity index (χ3n) is 4.53.